The maximum atomic E-state index is 12.4. The van der Waals surface area contributed by atoms with Crippen LogP contribution in [0, 0.1) is 5.41 Å². The second kappa shape index (κ2) is 8.58. The number of hydrogen-bond donors (Lipinski definition) is 1. The van der Waals surface area contributed by atoms with Crippen molar-refractivity contribution in [3.63, 3.8) is 0 Å². The zero-order valence-corrected chi connectivity index (χ0v) is 15.6. The van der Waals surface area contributed by atoms with Crippen molar-refractivity contribution in [2.24, 2.45) is 10.4 Å². The number of pyridine rings is 1. The van der Waals surface area contributed by atoms with Gasteiger partial charge in [-0.15, -0.1) is 0 Å². The number of esters is 1. The summed E-state index contributed by atoms with van der Waals surface area (Å²) in [6.45, 7) is 8.66. The molecule has 142 valence electrons. The number of rotatable bonds is 8. The molecule has 1 aromatic rings. The molecule has 0 spiro atoms. The van der Waals surface area contributed by atoms with E-state index in [9.17, 15) is 19.5 Å². The van der Waals surface area contributed by atoms with Crippen molar-refractivity contribution in [2.45, 2.75) is 52.7 Å². The van der Waals surface area contributed by atoms with E-state index in [1.807, 2.05) is 20.8 Å². The molecule has 0 fully saturated rings. The van der Waals surface area contributed by atoms with Gasteiger partial charge in [-0.25, -0.2) is 9.78 Å². The summed E-state index contributed by atoms with van der Waals surface area (Å²) in [6, 6.07) is 1.73. The Labute approximate surface area is 152 Å². The highest BCUT2D eigenvalue weighted by molar-refractivity contribution is 6.00. The molecule has 0 aliphatic carbocycles. The van der Waals surface area contributed by atoms with Gasteiger partial charge in [0, 0.05) is 12.3 Å². The number of aliphatic imine (C=N–C) groups is 1. The van der Waals surface area contributed by atoms with E-state index in [1.54, 1.807) is 6.92 Å². The maximum Gasteiger partial charge on any atom is 0.326 e. The van der Waals surface area contributed by atoms with Gasteiger partial charge in [-0.1, -0.05) is 6.92 Å². The highest BCUT2D eigenvalue weighted by Gasteiger charge is 2.54. The van der Waals surface area contributed by atoms with E-state index in [0.29, 0.717) is 5.88 Å². The Kier molecular flexibility index (Phi) is 7.03. The van der Waals surface area contributed by atoms with Crippen LogP contribution in [-0.2, 0) is 19.1 Å². The first-order valence-electron chi connectivity index (χ1n) is 8.25. The summed E-state index contributed by atoms with van der Waals surface area (Å²) in [5, 5.41) is 9.75. The largest absolute Gasteiger partial charge is 0.480 e. The minimum Gasteiger partial charge on any atom is -0.480 e. The predicted molar refractivity (Wildman–Crippen MR) is 92.5 cm³/mol. The second-order valence-corrected chi connectivity index (χ2v) is 6.62. The Hall–Kier alpha value is -2.73. The third-order valence-corrected chi connectivity index (χ3v) is 3.71. The molecule has 0 amide bonds. The van der Waals surface area contributed by atoms with E-state index >= 15 is 0 Å². The number of carbonyl (C=O) groups excluding carboxylic acids is 2. The smallest absolute Gasteiger partial charge is 0.326 e. The van der Waals surface area contributed by atoms with Gasteiger partial charge >= 0.3 is 11.9 Å². The van der Waals surface area contributed by atoms with Gasteiger partial charge in [0.1, 0.15) is 11.6 Å². The van der Waals surface area contributed by atoms with E-state index in [0.717, 1.165) is 0 Å². The molecule has 1 heterocycles. The molecule has 1 aromatic heterocycles. The van der Waals surface area contributed by atoms with Crippen molar-refractivity contribution >= 4 is 18.0 Å². The van der Waals surface area contributed by atoms with Crippen molar-refractivity contribution in [1.82, 2.24) is 4.98 Å². The van der Waals surface area contributed by atoms with Crippen molar-refractivity contribution in [3.8, 4) is 5.88 Å². The summed E-state index contributed by atoms with van der Waals surface area (Å²) in [6.07, 6.45) is 2.56. The lowest BCUT2D eigenvalue weighted by molar-refractivity contribution is -0.171. The highest BCUT2D eigenvalue weighted by atomic mass is 16.5. The van der Waals surface area contributed by atoms with E-state index in [1.165, 1.54) is 31.3 Å². The van der Waals surface area contributed by atoms with Crippen LogP contribution < -0.4 is 4.74 Å². The summed E-state index contributed by atoms with van der Waals surface area (Å²) in [4.78, 5) is 43.1. The van der Waals surface area contributed by atoms with E-state index in [2.05, 4.69) is 9.98 Å². The summed E-state index contributed by atoms with van der Waals surface area (Å²) >= 11 is 0. The van der Waals surface area contributed by atoms with Gasteiger partial charge in [-0.3, -0.25) is 9.59 Å². The quantitative estimate of drug-likeness (QED) is 0.326. The number of hydrogen-bond acceptors (Lipinski definition) is 7. The first kappa shape index (κ1) is 21.3. The zero-order valence-electron chi connectivity index (χ0n) is 15.6. The molecule has 1 rings (SSSR count). The normalized spacial score (nSPS) is 14.5. The Morgan fingerprint density at radius 2 is 1.96 bits per heavy atom. The summed E-state index contributed by atoms with van der Waals surface area (Å²) in [5.41, 5.74) is -2.25. The van der Waals surface area contributed by atoms with Crippen LogP contribution in [0.3, 0.4) is 0 Å². The topological polar surface area (TPSA) is 115 Å². The van der Waals surface area contributed by atoms with Gasteiger partial charge in [-0.05, 0) is 45.7 Å². The molecule has 2 atom stereocenters. The monoisotopic (exact) mass is 364 g/mol. The average Bonchev–Trinajstić information content (AvgIpc) is 2.54. The zero-order chi connectivity index (χ0) is 20.0. The lowest BCUT2D eigenvalue weighted by atomic mass is 9.75. The molecule has 8 heteroatoms. The number of carboxylic acids is 1. The van der Waals surface area contributed by atoms with Gasteiger partial charge in [0.2, 0.25) is 12.0 Å². The van der Waals surface area contributed by atoms with Crippen molar-refractivity contribution in [1.29, 1.82) is 0 Å². The Bertz CT molecular complexity index is 689. The predicted octanol–water partition coefficient (Wildman–Crippen LogP) is 2.68. The van der Waals surface area contributed by atoms with Crippen molar-refractivity contribution in [3.05, 3.63) is 23.9 Å². The molecule has 1 N–H and O–H groups in total. The lowest BCUT2D eigenvalue weighted by Gasteiger charge is -2.31. The van der Waals surface area contributed by atoms with Crippen LogP contribution in [0.1, 0.15) is 52.6 Å². The number of carboxylic acid groups (broad SMARTS) is 1. The standard InChI is InChI=1S/C18H24N2O6/c1-6-18(15(22)23,16(24)25-7-2)14(20-11-21)12-8-9-13(19-10-12)26-17(3,4)5/h8-10,14H,6-7H2,1-5H3,(H,22,23). The molecule has 0 aromatic carbocycles. The fourth-order valence-corrected chi connectivity index (χ4v) is 2.51. The Morgan fingerprint density at radius 3 is 2.35 bits per heavy atom. The molecular weight excluding hydrogens is 340 g/mol. The van der Waals surface area contributed by atoms with Gasteiger partial charge in [0.25, 0.3) is 0 Å². The fraction of sp³-hybridized carbons (Fsp3) is 0.556. The van der Waals surface area contributed by atoms with E-state index < -0.39 is 29.0 Å². The van der Waals surface area contributed by atoms with Crippen LogP contribution in [-0.4, -0.2) is 40.3 Å². The van der Waals surface area contributed by atoms with Crippen LogP contribution in [0.5, 0.6) is 5.88 Å². The van der Waals surface area contributed by atoms with Gasteiger partial charge in [0.05, 0.1) is 6.61 Å². The highest BCUT2D eigenvalue weighted by Crippen LogP contribution is 2.42. The second-order valence-electron chi connectivity index (χ2n) is 6.62. The fourth-order valence-electron chi connectivity index (χ4n) is 2.51. The third-order valence-electron chi connectivity index (χ3n) is 3.71. The number of carbonyl (C=O) groups is 2. The number of aliphatic carboxylic acids is 1. The average molecular weight is 364 g/mol. The first-order chi connectivity index (χ1) is 12.1. The van der Waals surface area contributed by atoms with Gasteiger partial charge in [0.15, 0.2) is 5.41 Å². The van der Waals surface area contributed by atoms with Crippen molar-refractivity contribution < 1.29 is 29.0 Å². The van der Waals surface area contributed by atoms with Crippen molar-refractivity contribution in [2.75, 3.05) is 6.61 Å². The van der Waals surface area contributed by atoms with E-state index in [-0.39, 0.29) is 18.6 Å². The molecule has 26 heavy (non-hydrogen) atoms. The Morgan fingerprint density at radius 1 is 1.31 bits per heavy atom. The number of isocyanates is 1. The lowest BCUT2D eigenvalue weighted by Crippen LogP contribution is -2.45. The van der Waals surface area contributed by atoms with Crippen LogP contribution in [0.15, 0.2) is 23.3 Å². The SMILES string of the molecule is CCOC(=O)C(CC)(C(=O)O)C(N=C=O)c1ccc(OC(C)(C)C)nc1. The molecule has 2 unspecified atom stereocenters. The van der Waals surface area contributed by atoms with Crippen LogP contribution in [0.25, 0.3) is 0 Å². The minimum atomic E-state index is -2.05. The molecule has 0 saturated carbocycles. The third kappa shape index (κ3) is 4.67. The van der Waals surface area contributed by atoms with E-state index in [4.69, 9.17) is 9.47 Å². The van der Waals surface area contributed by atoms with Gasteiger partial charge in [-0.2, -0.15) is 4.99 Å². The molecule has 0 bridgehead atoms. The number of ether oxygens (including phenoxy) is 2. The van der Waals surface area contributed by atoms with Crippen LogP contribution in [0.4, 0.5) is 0 Å². The minimum absolute atomic E-state index is 0.00198. The molecular formula is C18H24N2O6. The molecule has 0 aliphatic heterocycles. The Balaban J connectivity index is 3.41. The molecule has 0 saturated heterocycles. The molecule has 8 nitrogen and oxygen atoms in total. The maximum absolute atomic E-state index is 12.4. The molecule has 0 radical (unpaired) electrons. The first-order valence-corrected chi connectivity index (χ1v) is 8.25. The summed E-state index contributed by atoms with van der Waals surface area (Å²) in [5.74, 6) is -2.07. The van der Waals surface area contributed by atoms with Gasteiger partial charge < -0.3 is 14.6 Å². The summed E-state index contributed by atoms with van der Waals surface area (Å²) in [7, 11) is 0. The van der Waals surface area contributed by atoms with Crippen LogP contribution in [0.2, 0.25) is 0 Å². The summed E-state index contributed by atoms with van der Waals surface area (Å²) < 4.78 is 10.6. The number of nitrogens with zero attached hydrogens (tertiary/aromatic N) is 2. The molecule has 0 aliphatic rings. The van der Waals surface area contributed by atoms with Crippen LogP contribution >= 0.6 is 0 Å². The number of aromatic nitrogens is 1.